The zero-order valence-corrected chi connectivity index (χ0v) is 10.4. The first kappa shape index (κ1) is 12.8. The average Bonchev–Trinajstić information content (AvgIpc) is 2.71. The molecule has 0 amide bonds. The second-order valence-electron chi connectivity index (χ2n) is 4.46. The van der Waals surface area contributed by atoms with Crippen LogP contribution in [-0.4, -0.2) is 18.1 Å². The monoisotopic (exact) mass is 260 g/mol. The number of alkyl halides is 1. The summed E-state index contributed by atoms with van der Waals surface area (Å²) in [5, 5.41) is -0.219. The highest BCUT2D eigenvalue weighted by atomic mass is 35.5. The Hall–Kier alpha value is -0.670. The maximum Gasteiger partial charge on any atom is 0.162 e. The molecule has 0 radical (unpaired) electrons. The molecule has 0 N–H and O–H groups in total. The summed E-state index contributed by atoms with van der Waals surface area (Å²) in [6.07, 6.45) is 1.31. The summed E-state index contributed by atoms with van der Waals surface area (Å²) in [6, 6.07) is 4.20. The van der Waals surface area contributed by atoms with Crippen molar-refractivity contribution in [2.75, 3.05) is 6.61 Å². The lowest BCUT2D eigenvalue weighted by Gasteiger charge is -2.20. The predicted molar refractivity (Wildman–Crippen MR) is 63.2 cm³/mol. The summed E-state index contributed by atoms with van der Waals surface area (Å²) in [7, 11) is 0. The molecule has 0 bridgehead atoms. The van der Waals surface area contributed by atoms with E-state index in [-0.39, 0.29) is 17.4 Å². The van der Waals surface area contributed by atoms with Crippen molar-refractivity contribution in [3.8, 4) is 0 Å². The van der Waals surface area contributed by atoms with Gasteiger partial charge in [-0.3, -0.25) is 0 Å². The minimum atomic E-state index is -0.818. The van der Waals surface area contributed by atoms with Gasteiger partial charge in [0, 0.05) is 17.9 Å². The van der Waals surface area contributed by atoms with Crippen molar-refractivity contribution in [1.29, 1.82) is 0 Å². The largest absolute Gasteiger partial charge is 0.378 e. The Balaban J connectivity index is 2.07. The second-order valence-corrected chi connectivity index (χ2v) is 5.02. The van der Waals surface area contributed by atoms with Gasteiger partial charge in [0.1, 0.15) is 0 Å². The van der Waals surface area contributed by atoms with E-state index in [1.54, 1.807) is 6.07 Å². The lowest BCUT2D eigenvalue weighted by molar-refractivity contribution is 0.105. The molecular formula is C13H15ClF2O. The Morgan fingerprint density at radius 1 is 1.47 bits per heavy atom. The van der Waals surface area contributed by atoms with Gasteiger partial charge < -0.3 is 4.74 Å². The van der Waals surface area contributed by atoms with Gasteiger partial charge in [0.15, 0.2) is 11.6 Å². The van der Waals surface area contributed by atoms with Gasteiger partial charge in [-0.05, 0) is 31.4 Å². The molecule has 0 saturated carbocycles. The maximum absolute atomic E-state index is 13.5. The summed E-state index contributed by atoms with van der Waals surface area (Å²) >= 11 is 6.27. The van der Waals surface area contributed by atoms with Crippen LogP contribution in [0, 0.1) is 17.6 Å². The molecule has 1 aromatic rings. The Kier molecular flexibility index (Phi) is 4.00. The van der Waals surface area contributed by atoms with E-state index < -0.39 is 11.6 Å². The molecule has 1 aromatic carbocycles. The molecule has 1 aliphatic rings. The van der Waals surface area contributed by atoms with Crippen LogP contribution in [0.5, 0.6) is 0 Å². The zero-order chi connectivity index (χ0) is 12.4. The molecule has 94 valence electrons. The molecule has 2 rings (SSSR count). The number of hydrogen-bond acceptors (Lipinski definition) is 1. The molecular weight excluding hydrogens is 246 g/mol. The van der Waals surface area contributed by atoms with Crippen LogP contribution in [0.25, 0.3) is 0 Å². The molecule has 1 saturated heterocycles. The fraction of sp³-hybridized carbons (Fsp3) is 0.538. The van der Waals surface area contributed by atoms with Crippen LogP contribution in [0.15, 0.2) is 18.2 Å². The summed E-state index contributed by atoms with van der Waals surface area (Å²) in [5.74, 6) is -1.40. The molecule has 0 spiro atoms. The van der Waals surface area contributed by atoms with Crippen LogP contribution in [0.3, 0.4) is 0 Å². The number of benzene rings is 1. The van der Waals surface area contributed by atoms with E-state index >= 15 is 0 Å². The first-order chi connectivity index (χ1) is 8.09. The van der Waals surface area contributed by atoms with Crippen molar-refractivity contribution >= 4 is 11.6 Å². The van der Waals surface area contributed by atoms with Gasteiger partial charge >= 0.3 is 0 Å². The van der Waals surface area contributed by atoms with Crippen LogP contribution < -0.4 is 0 Å². The van der Waals surface area contributed by atoms with E-state index in [0.717, 1.165) is 12.5 Å². The lowest BCUT2D eigenvalue weighted by Crippen LogP contribution is -2.24. The molecule has 1 aliphatic heterocycles. The molecule has 0 aromatic heterocycles. The van der Waals surface area contributed by atoms with Gasteiger partial charge in [0.2, 0.25) is 0 Å². The van der Waals surface area contributed by atoms with Gasteiger partial charge in [0.05, 0.1) is 6.10 Å². The van der Waals surface area contributed by atoms with Crippen LogP contribution in [0.4, 0.5) is 8.78 Å². The third-order valence-electron chi connectivity index (χ3n) is 3.35. The second kappa shape index (κ2) is 5.32. The Labute approximate surface area is 105 Å². The molecule has 4 heteroatoms. The van der Waals surface area contributed by atoms with Gasteiger partial charge in [-0.15, -0.1) is 11.6 Å². The van der Waals surface area contributed by atoms with Crippen molar-refractivity contribution in [3.63, 3.8) is 0 Å². The Morgan fingerprint density at radius 3 is 2.88 bits per heavy atom. The fourth-order valence-corrected chi connectivity index (χ4v) is 2.79. The number of rotatable bonds is 3. The highest BCUT2D eigenvalue weighted by Crippen LogP contribution is 2.30. The minimum absolute atomic E-state index is 0.0918. The van der Waals surface area contributed by atoms with E-state index in [4.69, 9.17) is 16.3 Å². The van der Waals surface area contributed by atoms with Crippen LogP contribution in [0.2, 0.25) is 0 Å². The molecule has 3 atom stereocenters. The van der Waals surface area contributed by atoms with Crippen molar-refractivity contribution in [2.24, 2.45) is 5.92 Å². The van der Waals surface area contributed by atoms with E-state index in [9.17, 15) is 8.78 Å². The lowest BCUT2D eigenvalue weighted by atomic mass is 9.93. The molecule has 17 heavy (non-hydrogen) atoms. The summed E-state index contributed by atoms with van der Waals surface area (Å²) in [4.78, 5) is 0. The summed E-state index contributed by atoms with van der Waals surface area (Å²) in [5.41, 5.74) is 0.337. The van der Waals surface area contributed by atoms with Gasteiger partial charge in [-0.25, -0.2) is 8.78 Å². The first-order valence-electron chi connectivity index (χ1n) is 5.78. The van der Waals surface area contributed by atoms with E-state index in [2.05, 4.69) is 0 Å². The SMILES string of the molecule is CC1OCCC1C(Cl)Cc1cccc(F)c1F. The molecule has 1 nitrogen and oxygen atoms in total. The van der Waals surface area contributed by atoms with E-state index in [1.165, 1.54) is 6.07 Å². The normalized spacial score (nSPS) is 26.1. The maximum atomic E-state index is 13.5. The van der Waals surface area contributed by atoms with Crippen molar-refractivity contribution in [3.05, 3.63) is 35.4 Å². The van der Waals surface area contributed by atoms with Crippen LogP contribution in [-0.2, 0) is 11.2 Å². The van der Waals surface area contributed by atoms with Gasteiger partial charge in [0.25, 0.3) is 0 Å². The Bertz CT molecular complexity index is 397. The first-order valence-corrected chi connectivity index (χ1v) is 6.22. The third-order valence-corrected chi connectivity index (χ3v) is 3.82. The molecule has 0 aliphatic carbocycles. The third kappa shape index (κ3) is 2.78. The zero-order valence-electron chi connectivity index (χ0n) is 9.63. The fourth-order valence-electron chi connectivity index (χ4n) is 2.29. The summed E-state index contributed by atoms with van der Waals surface area (Å²) < 4.78 is 31.9. The van der Waals surface area contributed by atoms with E-state index in [1.807, 2.05) is 6.92 Å². The highest BCUT2D eigenvalue weighted by molar-refractivity contribution is 6.21. The predicted octanol–water partition coefficient (Wildman–Crippen LogP) is 3.54. The van der Waals surface area contributed by atoms with Crippen LogP contribution in [0.1, 0.15) is 18.9 Å². The standard InChI is InChI=1S/C13H15ClF2O/c1-8-10(5-6-17-8)11(14)7-9-3-2-4-12(15)13(9)16/h2-4,8,10-11H,5-7H2,1H3. The van der Waals surface area contributed by atoms with Gasteiger partial charge in [-0.2, -0.15) is 0 Å². The quantitative estimate of drug-likeness (QED) is 0.756. The Morgan fingerprint density at radius 2 is 2.24 bits per heavy atom. The topological polar surface area (TPSA) is 9.23 Å². The van der Waals surface area contributed by atoms with Gasteiger partial charge in [-0.1, -0.05) is 12.1 Å². The smallest absolute Gasteiger partial charge is 0.162 e. The minimum Gasteiger partial charge on any atom is -0.378 e. The average molecular weight is 261 g/mol. The number of ether oxygens (including phenoxy) is 1. The van der Waals surface area contributed by atoms with E-state index in [0.29, 0.717) is 18.6 Å². The van der Waals surface area contributed by atoms with Crippen LogP contribution >= 0.6 is 11.6 Å². The number of halogens is 3. The van der Waals surface area contributed by atoms with Crippen molar-refractivity contribution in [1.82, 2.24) is 0 Å². The summed E-state index contributed by atoms with van der Waals surface area (Å²) in [6.45, 7) is 2.66. The van der Waals surface area contributed by atoms with Crippen molar-refractivity contribution in [2.45, 2.75) is 31.2 Å². The molecule has 1 fully saturated rings. The highest BCUT2D eigenvalue weighted by Gasteiger charge is 2.31. The van der Waals surface area contributed by atoms with Crippen molar-refractivity contribution < 1.29 is 13.5 Å². The molecule has 3 unspecified atom stereocenters. The number of hydrogen-bond donors (Lipinski definition) is 0. The molecule has 1 heterocycles.